The summed E-state index contributed by atoms with van der Waals surface area (Å²) in [6.45, 7) is 4.95. The molecule has 3 heterocycles. The van der Waals surface area contributed by atoms with Crippen molar-refractivity contribution >= 4 is 16.0 Å². The Bertz CT molecular complexity index is 1470. The van der Waals surface area contributed by atoms with E-state index in [-0.39, 0.29) is 17.4 Å². The lowest BCUT2D eigenvalue weighted by molar-refractivity contribution is 0.398. The van der Waals surface area contributed by atoms with E-state index in [9.17, 15) is 17.2 Å². The quantitative estimate of drug-likeness (QED) is 0.377. The van der Waals surface area contributed by atoms with Crippen LogP contribution in [0.3, 0.4) is 0 Å². The first-order valence-electron chi connectivity index (χ1n) is 10.8. The van der Waals surface area contributed by atoms with Crippen molar-refractivity contribution in [1.29, 1.82) is 0 Å². The van der Waals surface area contributed by atoms with E-state index in [1.807, 2.05) is 0 Å². The Kier molecular flexibility index (Phi) is 6.93. The van der Waals surface area contributed by atoms with Crippen molar-refractivity contribution < 1.29 is 21.9 Å². The number of nitrogens with zero attached hydrogens (tertiary/aromatic N) is 6. The Balaban J connectivity index is 1.80. The number of para-hydroxylation sites is 1. The fourth-order valence-corrected chi connectivity index (χ4v) is 4.70. The molecule has 4 aromatic rings. The number of benzene rings is 1. The lowest BCUT2D eigenvalue weighted by Crippen LogP contribution is -2.31. The standard InChI is InChI=1S/C23H23F2N7O3S/c1-13-11-27-19(12-26-13)14(2)15(3)36(33,34)31-23-30-29-22(18-9-6-10-20(28-18)35-4)32(23)21-16(24)7-5-8-17(21)25/h5-12,14-15H,1-4H3,(H,30,31). The number of aromatic nitrogens is 6. The molecule has 13 heteroatoms. The van der Waals surface area contributed by atoms with Crippen LogP contribution in [-0.2, 0) is 10.0 Å². The van der Waals surface area contributed by atoms with Gasteiger partial charge in [-0.1, -0.05) is 19.1 Å². The fraction of sp³-hybridized carbons (Fsp3) is 0.261. The minimum atomic E-state index is -4.14. The van der Waals surface area contributed by atoms with Gasteiger partial charge in [-0.2, -0.15) is 0 Å². The average Bonchev–Trinajstić information content (AvgIpc) is 3.25. The van der Waals surface area contributed by atoms with Crippen LogP contribution in [0.2, 0.25) is 0 Å². The second-order valence-corrected chi connectivity index (χ2v) is 10.1. The highest BCUT2D eigenvalue weighted by atomic mass is 32.2. The fourth-order valence-electron chi connectivity index (χ4n) is 3.45. The molecular formula is C23H23F2N7O3S. The third-order valence-electron chi connectivity index (χ3n) is 5.68. The Labute approximate surface area is 206 Å². The lowest BCUT2D eigenvalue weighted by atomic mass is 10.1. The molecule has 0 bridgehead atoms. The zero-order valence-electron chi connectivity index (χ0n) is 19.8. The molecule has 0 radical (unpaired) electrons. The summed E-state index contributed by atoms with van der Waals surface area (Å²) >= 11 is 0. The number of anilines is 1. The molecule has 2 unspecified atom stereocenters. The molecule has 10 nitrogen and oxygen atoms in total. The Morgan fingerprint density at radius 3 is 2.33 bits per heavy atom. The molecule has 3 aromatic heterocycles. The van der Waals surface area contributed by atoms with Gasteiger partial charge < -0.3 is 4.74 Å². The number of hydrogen-bond donors (Lipinski definition) is 1. The number of methoxy groups -OCH3 is 1. The van der Waals surface area contributed by atoms with Crippen LogP contribution in [-0.4, -0.2) is 50.5 Å². The highest BCUT2D eigenvalue weighted by molar-refractivity contribution is 7.93. The van der Waals surface area contributed by atoms with E-state index in [0.29, 0.717) is 11.4 Å². The van der Waals surface area contributed by atoms with Crippen LogP contribution < -0.4 is 9.46 Å². The maximum atomic E-state index is 14.9. The summed E-state index contributed by atoms with van der Waals surface area (Å²) in [6, 6.07) is 7.99. The summed E-state index contributed by atoms with van der Waals surface area (Å²) in [5, 5.41) is 6.88. The van der Waals surface area contributed by atoms with Crippen molar-refractivity contribution in [2.24, 2.45) is 0 Å². The molecule has 0 saturated carbocycles. The zero-order valence-corrected chi connectivity index (χ0v) is 20.7. The number of hydrogen-bond acceptors (Lipinski definition) is 8. The van der Waals surface area contributed by atoms with Gasteiger partial charge in [0.2, 0.25) is 21.9 Å². The number of aryl methyl sites for hydroxylation is 1. The molecule has 0 aliphatic carbocycles. The highest BCUT2D eigenvalue weighted by Gasteiger charge is 2.32. The summed E-state index contributed by atoms with van der Waals surface area (Å²) in [7, 11) is -2.73. The van der Waals surface area contributed by atoms with Crippen LogP contribution in [0, 0.1) is 18.6 Å². The van der Waals surface area contributed by atoms with Crippen LogP contribution >= 0.6 is 0 Å². The van der Waals surface area contributed by atoms with Crippen LogP contribution in [0.25, 0.3) is 17.2 Å². The topological polar surface area (TPSA) is 125 Å². The van der Waals surface area contributed by atoms with Crippen molar-refractivity contribution in [3.05, 3.63) is 71.8 Å². The third-order valence-corrected chi connectivity index (χ3v) is 7.53. The van der Waals surface area contributed by atoms with Gasteiger partial charge in [0, 0.05) is 24.4 Å². The molecule has 2 atom stereocenters. The van der Waals surface area contributed by atoms with E-state index in [1.54, 1.807) is 32.2 Å². The molecule has 1 aromatic carbocycles. The smallest absolute Gasteiger partial charge is 0.243 e. The highest BCUT2D eigenvalue weighted by Crippen LogP contribution is 2.30. The molecule has 0 aliphatic heterocycles. The van der Waals surface area contributed by atoms with Crippen LogP contribution in [0.15, 0.2) is 48.8 Å². The largest absolute Gasteiger partial charge is 0.481 e. The maximum Gasteiger partial charge on any atom is 0.243 e. The second kappa shape index (κ2) is 9.93. The molecule has 0 fully saturated rings. The predicted octanol–water partition coefficient (Wildman–Crippen LogP) is 3.65. The Hall–Kier alpha value is -4.00. The predicted molar refractivity (Wildman–Crippen MR) is 128 cm³/mol. The summed E-state index contributed by atoms with van der Waals surface area (Å²) < 4.78 is 64.7. The van der Waals surface area contributed by atoms with Crippen LogP contribution in [0.1, 0.15) is 31.2 Å². The maximum absolute atomic E-state index is 14.9. The van der Waals surface area contributed by atoms with Crippen molar-refractivity contribution in [3.8, 4) is 23.1 Å². The van der Waals surface area contributed by atoms with E-state index >= 15 is 0 Å². The van der Waals surface area contributed by atoms with Crippen molar-refractivity contribution in [3.63, 3.8) is 0 Å². The minimum Gasteiger partial charge on any atom is -0.481 e. The number of nitrogens with one attached hydrogen (secondary N) is 1. The van der Waals surface area contributed by atoms with E-state index in [1.165, 1.54) is 32.4 Å². The number of ether oxygens (including phenoxy) is 1. The van der Waals surface area contributed by atoms with Gasteiger partial charge in [-0.15, -0.1) is 10.2 Å². The van der Waals surface area contributed by atoms with Gasteiger partial charge in [-0.25, -0.2) is 22.2 Å². The Morgan fingerprint density at radius 2 is 1.69 bits per heavy atom. The average molecular weight is 516 g/mol. The van der Waals surface area contributed by atoms with Crippen molar-refractivity contribution in [1.82, 2.24) is 29.7 Å². The summed E-state index contributed by atoms with van der Waals surface area (Å²) in [5.74, 6) is -2.74. The Morgan fingerprint density at radius 1 is 1.00 bits per heavy atom. The second-order valence-electron chi connectivity index (χ2n) is 8.04. The third kappa shape index (κ3) is 4.87. The van der Waals surface area contributed by atoms with Gasteiger partial charge in [0.15, 0.2) is 5.82 Å². The molecule has 4 rings (SSSR count). The first-order valence-corrected chi connectivity index (χ1v) is 12.4. The lowest BCUT2D eigenvalue weighted by Gasteiger charge is -2.21. The zero-order chi connectivity index (χ0) is 26.0. The van der Waals surface area contributed by atoms with Gasteiger partial charge in [0.05, 0.1) is 23.7 Å². The van der Waals surface area contributed by atoms with E-state index in [2.05, 4.69) is 29.9 Å². The molecule has 0 aliphatic rings. The van der Waals surface area contributed by atoms with Crippen LogP contribution in [0.5, 0.6) is 5.88 Å². The first kappa shape index (κ1) is 25.1. The molecular weight excluding hydrogens is 492 g/mol. The van der Waals surface area contributed by atoms with E-state index < -0.39 is 44.5 Å². The molecule has 0 saturated heterocycles. The minimum absolute atomic E-state index is 0.0966. The van der Waals surface area contributed by atoms with E-state index in [4.69, 9.17) is 4.74 Å². The van der Waals surface area contributed by atoms with Crippen LogP contribution in [0.4, 0.5) is 14.7 Å². The van der Waals surface area contributed by atoms with Gasteiger partial charge in [0.25, 0.3) is 0 Å². The van der Waals surface area contributed by atoms with Gasteiger partial charge in [0.1, 0.15) is 23.0 Å². The molecule has 0 amide bonds. The molecule has 188 valence electrons. The molecule has 1 N–H and O–H groups in total. The normalized spacial score (nSPS) is 13.3. The van der Waals surface area contributed by atoms with Gasteiger partial charge >= 0.3 is 0 Å². The van der Waals surface area contributed by atoms with Crippen molar-refractivity contribution in [2.75, 3.05) is 11.8 Å². The molecule has 36 heavy (non-hydrogen) atoms. The number of rotatable bonds is 8. The van der Waals surface area contributed by atoms with Gasteiger partial charge in [-0.3, -0.25) is 19.3 Å². The molecule has 0 spiro atoms. The summed E-state index contributed by atoms with van der Waals surface area (Å²) in [4.78, 5) is 12.7. The monoisotopic (exact) mass is 515 g/mol. The summed E-state index contributed by atoms with van der Waals surface area (Å²) in [6.07, 6.45) is 3.05. The SMILES string of the molecule is COc1cccc(-c2nnc(NS(=O)(=O)C(C)C(C)c3cnc(C)cn3)n2-c2c(F)cccc2F)n1. The van der Waals surface area contributed by atoms with Crippen molar-refractivity contribution in [2.45, 2.75) is 31.9 Å². The number of sulfonamides is 1. The first-order chi connectivity index (χ1) is 17.1. The number of halogens is 2. The number of pyridine rings is 1. The van der Waals surface area contributed by atoms with E-state index in [0.717, 1.165) is 16.7 Å². The van der Waals surface area contributed by atoms with Gasteiger partial charge in [-0.05, 0) is 32.0 Å². The summed E-state index contributed by atoms with van der Waals surface area (Å²) in [5.41, 5.74) is 0.760.